The summed E-state index contributed by atoms with van der Waals surface area (Å²) < 4.78 is 5.23. The molecule has 2 aromatic rings. The summed E-state index contributed by atoms with van der Waals surface area (Å²) in [6.07, 6.45) is 1.46. The summed E-state index contributed by atoms with van der Waals surface area (Å²) in [6, 6.07) is 12.3. The van der Waals surface area contributed by atoms with Crippen LogP contribution in [0.3, 0.4) is 0 Å². The average molecular weight is 380 g/mol. The molecule has 1 saturated heterocycles. The lowest BCUT2D eigenvalue weighted by atomic mass is 9.96. The summed E-state index contributed by atoms with van der Waals surface area (Å²) in [7, 11) is 1.61. The van der Waals surface area contributed by atoms with Crippen molar-refractivity contribution in [3.05, 3.63) is 63.6 Å². The van der Waals surface area contributed by atoms with E-state index < -0.39 is 12.0 Å². The van der Waals surface area contributed by atoms with Gasteiger partial charge in [-0.15, -0.1) is 0 Å². The average Bonchev–Trinajstić information content (AvgIpc) is 3.09. The largest absolute Gasteiger partial charge is 0.497 e. The van der Waals surface area contributed by atoms with Crippen LogP contribution in [0.1, 0.15) is 30.0 Å². The molecule has 2 aromatic carbocycles. The van der Waals surface area contributed by atoms with Gasteiger partial charge in [-0.05, 0) is 42.2 Å². The fourth-order valence-corrected chi connectivity index (χ4v) is 3.84. The summed E-state index contributed by atoms with van der Waals surface area (Å²) in [4.78, 5) is 13.7. The Kier molecular flexibility index (Phi) is 5.52. The number of carboxylic acid groups (broad SMARTS) is 1. The first-order chi connectivity index (χ1) is 12.0. The lowest BCUT2D eigenvalue weighted by Gasteiger charge is -2.32. The maximum Gasteiger partial charge on any atom is 0.320 e. The van der Waals surface area contributed by atoms with Gasteiger partial charge < -0.3 is 9.84 Å². The second kappa shape index (κ2) is 7.65. The quantitative estimate of drug-likeness (QED) is 0.821. The van der Waals surface area contributed by atoms with Gasteiger partial charge in [-0.3, -0.25) is 9.69 Å². The Morgan fingerprint density at radius 2 is 1.96 bits per heavy atom. The molecule has 0 aromatic heterocycles. The van der Waals surface area contributed by atoms with Crippen molar-refractivity contribution in [1.29, 1.82) is 0 Å². The van der Waals surface area contributed by atoms with Crippen molar-refractivity contribution in [2.45, 2.75) is 24.9 Å². The van der Waals surface area contributed by atoms with Crippen molar-refractivity contribution in [3.63, 3.8) is 0 Å². The molecule has 4 nitrogen and oxygen atoms in total. The van der Waals surface area contributed by atoms with Crippen LogP contribution in [0.2, 0.25) is 10.0 Å². The normalized spacial score (nSPS) is 18.9. The maximum absolute atomic E-state index is 11.7. The number of rotatable bonds is 5. The van der Waals surface area contributed by atoms with Crippen molar-refractivity contribution in [1.82, 2.24) is 4.90 Å². The van der Waals surface area contributed by atoms with E-state index in [1.54, 1.807) is 13.2 Å². The van der Waals surface area contributed by atoms with Gasteiger partial charge in [-0.25, -0.2) is 0 Å². The van der Waals surface area contributed by atoms with Gasteiger partial charge in [0, 0.05) is 6.54 Å². The minimum Gasteiger partial charge on any atom is -0.497 e. The molecule has 0 aliphatic carbocycles. The van der Waals surface area contributed by atoms with Gasteiger partial charge in [0.1, 0.15) is 11.8 Å². The summed E-state index contributed by atoms with van der Waals surface area (Å²) in [6.45, 7) is 0.691. The van der Waals surface area contributed by atoms with Gasteiger partial charge in [0.25, 0.3) is 0 Å². The summed E-state index contributed by atoms with van der Waals surface area (Å²) in [5, 5.41) is 10.5. The Labute approximate surface area is 156 Å². The molecule has 1 fully saturated rings. The van der Waals surface area contributed by atoms with Crippen LogP contribution in [0.15, 0.2) is 42.5 Å². The number of benzene rings is 2. The van der Waals surface area contributed by atoms with E-state index in [0.717, 1.165) is 23.3 Å². The monoisotopic (exact) mass is 379 g/mol. The summed E-state index contributed by atoms with van der Waals surface area (Å²) >= 11 is 12.7. The Morgan fingerprint density at radius 1 is 1.24 bits per heavy atom. The molecular weight excluding hydrogens is 361 g/mol. The first-order valence-electron chi connectivity index (χ1n) is 8.09. The first kappa shape index (κ1) is 18.1. The summed E-state index contributed by atoms with van der Waals surface area (Å²) in [5.41, 5.74) is 1.77. The number of likely N-dealkylation sites (tertiary alicyclic amines) is 1. The van der Waals surface area contributed by atoms with E-state index in [9.17, 15) is 9.90 Å². The van der Waals surface area contributed by atoms with Crippen LogP contribution in [0, 0.1) is 0 Å². The number of carbonyl (C=O) groups is 1. The molecule has 3 rings (SSSR count). The van der Waals surface area contributed by atoms with E-state index >= 15 is 0 Å². The fourth-order valence-electron chi connectivity index (χ4n) is 3.43. The predicted molar refractivity (Wildman–Crippen MR) is 98.7 cm³/mol. The van der Waals surface area contributed by atoms with Gasteiger partial charge in [0.05, 0.1) is 23.2 Å². The van der Waals surface area contributed by atoms with E-state index in [4.69, 9.17) is 27.9 Å². The molecule has 1 aliphatic heterocycles. The van der Waals surface area contributed by atoms with Crippen molar-refractivity contribution < 1.29 is 14.6 Å². The Morgan fingerprint density at radius 3 is 2.60 bits per heavy atom. The molecule has 0 amide bonds. The Hall–Kier alpha value is -1.75. The van der Waals surface area contributed by atoms with Gasteiger partial charge in [-0.2, -0.15) is 0 Å². The molecule has 2 unspecified atom stereocenters. The molecule has 1 heterocycles. The molecule has 1 N–H and O–H groups in total. The number of methoxy groups -OCH3 is 1. The second-order valence-electron chi connectivity index (χ2n) is 6.05. The van der Waals surface area contributed by atoms with Crippen LogP contribution >= 0.6 is 23.2 Å². The molecule has 0 spiro atoms. The van der Waals surface area contributed by atoms with Crippen molar-refractivity contribution in [2.24, 2.45) is 0 Å². The van der Waals surface area contributed by atoms with Gasteiger partial charge in [-0.1, -0.05) is 47.5 Å². The number of nitrogens with zero attached hydrogens (tertiary/aromatic N) is 1. The molecule has 2 atom stereocenters. The highest BCUT2D eigenvalue weighted by Gasteiger charge is 2.37. The molecule has 0 bridgehead atoms. The molecule has 6 heteroatoms. The van der Waals surface area contributed by atoms with Crippen LogP contribution in [-0.2, 0) is 4.79 Å². The van der Waals surface area contributed by atoms with E-state index in [0.29, 0.717) is 23.0 Å². The molecule has 1 aliphatic rings. The minimum absolute atomic E-state index is 0.277. The minimum atomic E-state index is -0.811. The van der Waals surface area contributed by atoms with E-state index in [2.05, 4.69) is 0 Å². The maximum atomic E-state index is 11.7. The molecular formula is C19H19Cl2NO3. The predicted octanol–water partition coefficient (Wildman–Crippen LogP) is 4.64. The van der Waals surface area contributed by atoms with Crippen molar-refractivity contribution in [3.8, 4) is 5.75 Å². The van der Waals surface area contributed by atoms with Crippen LogP contribution in [0.25, 0.3) is 0 Å². The SMILES string of the molecule is COc1ccc(C(c2cccc(Cl)c2Cl)N2CCCC2C(=O)O)cc1. The molecule has 0 saturated carbocycles. The third-order valence-electron chi connectivity index (χ3n) is 4.62. The zero-order chi connectivity index (χ0) is 18.0. The van der Waals surface area contributed by atoms with Gasteiger partial charge in [0.2, 0.25) is 0 Å². The highest BCUT2D eigenvalue weighted by molar-refractivity contribution is 6.42. The van der Waals surface area contributed by atoms with Crippen molar-refractivity contribution >= 4 is 29.2 Å². The highest BCUT2D eigenvalue weighted by atomic mass is 35.5. The molecule has 132 valence electrons. The Bertz CT molecular complexity index is 764. The smallest absolute Gasteiger partial charge is 0.320 e. The van der Waals surface area contributed by atoms with Crippen LogP contribution in [0.4, 0.5) is 0 Å². The van der Waals surface area contributed by atoms with Crippen molar-refractivity contribution in [2.75, 3.05) is 13.7 Å². The lowest BCUT2D eigenvalue weighted by molar-refractivity contribution is -0.142. The Balaban J connectivity index is 2.10. The highest BCUT2D eigenvalue weighted by Crippen LogP contribution is 2.40. The first-order valence-corrected chi connectivity index (χ1v) is 8.85. The number of hydrogen-bond donors (Lipinski definition) is 1. The standard InChI is InChI=1S/C19H19Cl2NO3/c1-25-13-9-7-12(8-10-13)18(14-4-2-5-15(20)17(14)21)22-11-3-6-16(22)19(23)24/h2,4-5,7-10,16,18H,3,6,11H2,1H3,(H,23,24). The number of carboxylic acids is 1. The second-order valence-corrected chi connectivity index (χ2v) is 6.84. The van der Waals surface area contributed by atoms with E-state index in [1.165, 1.54) is 0 Å². The van der Waals surface area contributed by atoms with Gasteiger partial charge >= 0.3 is 5.97 Å². The topological polar surface area (TPSA) is 49.8 Å². The van der Waals surface area contributed by atoms with E-state index in [-0.39, 0.29) is 6.04 Å². The lowest BCUT2D eigenvalue weighted by Crippen LogP contribution is -2.39. The summed E-state index contributed by atoms with van der Waals surface area (Å²) in [5.74, 6) is -0.0648. The molecule has 0 radical (unpaired) electrons. The number of hydrogen-bond acceptors (Lipinski definition) is 3. The zero-order valence-electron chi connectivity index (χ0n) is 13.8. The van der Waals surface area contributed by atoms with Gasteiger partial charge in [0.15, 0.2) is 0 Å². The van der Waals surface area contributed by atoms with E-state index in [1.807, 2.05) is 41.3 Å². The van der Waals surface area contributed by atoms with Crippen LogP contribution in [-0.4, -0.2) is 35.7 Å². The zero-order valence-corrected chi connectivity index (χ0v) is 15.3. The number of aliphatic carboxylic acids is 1. The fraction of sp³-hybridized carbons (Fsp3) is 0.316. The molecule has 25 heavy (non-hydrogen) atoms. The number of ether oxygens (including phenoxy) is 1. The third-order valence-corrected chi connectivity index (χ3v) is 5.45. The van der Waals surface area contributed by atoms with Crippen LogP contribution < -0.4 is 4.74 Å². The number of halogens is 2. The third kappa shape index (κ3) is 3.61. The van der Waals surface area contributed by atoms with Crippen LogP contribution in [0.5, 0.6) is 5.75 Å².